The summed E-state index contributed by atoms with van der Waals surface area (Å²) < 4.78 is 31.9. The minimum Gasteiger partial charge on any atom is -0.466 e. The molecule has 0 saturated carbocycles. The molecule has 33 heavy (non-hydrogen) atoms. The number of nitrogen functional groups attached to an aromatic ring is 1. The predicted molar refractivity (Wildman–Crippen MR) is 128 cm³/mol. The molecule has 1 aliphatic heterocycles. The van der Waals surface area contributed by atoms with Crippen molar-refractivity contribution in [3.8, 4) is 0 Å². The summed E-state index contributed by atoms with van der Waals surface area (Å²) in [6, 6.07) is 6.49. The van der Waals surface area contributed by atoms with Gasteiger partial charge in [0.1, 0.15) is 12.0 Å². The number of nitrogens with one attached hydrogen (secondary N) is 1. The lowest BCUT2D eigenvalue weighted by Gasteiger charge is -2.32. The minimum atomic E-state index is -3.52. The van der Waals surface area contributed by atoms with Gasteiger partial charge >= 0.3 is 5.97 Å². The highest BCUT2D eigenvalue weighted by molar-refractivity contribution is 7.89. The van der Waals surface area contributed by atoms with Gasteiger partial charge in [0, 0.05) is 31.9 Å². The van der Waals surface area contributed by atoms with E-state index in [0.29, 0.717) is 68.6 Å². The van der Waals surface area contributed by atoms with Gasteiger partial charge in [0.05, 0.1) is 17.4 Å². The Hall–Kier alpha value is -2.92. The minimum absolute atomic E-state index is 0.104. The van der Waals surface area contributed by atoms with E-state index in [1.807, 2.05) is 18.7 Å². The first-order valence-corrected chi connectivity index (χ1v) is 12.6. The van der Waals surface area contributed by atoms with Crippen LogP contribution in [0.2, 0.25) is 0 Å². The molecular formula is C22H32N6O4S. The van der Waals surface area contributed by atoms with Gasteiger partial charge < -0.3 is 20.7 Å². The number of nitrogens with two attached hydrogens (primary N) is 1. The number of esters is 1. The number of hydrogen-bond acceptors (Lipinski definition) is 9. The molecule has 180 valence electrons. The van der Waals surface area contributed by atoms with E-state index in [1.54, 1.807) is 31.2 Å². The summed E-state index contributed by atoms with van der Waals surface area (Å²) in [6.45, 7) is 7.92. The summed E-state index contributed by atoms with van der Waals surface area (Å²) in [5.41, 5.74) is 7.41. The van der Waals surface area contributed by atoms with Gasteiger partial charge in [-0.05, 0) is 44.0 Å². The van der Waals surface area contributed by atoms with Crippen LogP contribution < -0.4 is 16.0 Å². The highest BCUT2D eigenvalue weighted by Gasteiger charge is 2.28. The summed E-state index contributed by atoms with van der Waals surface area (Å²) in [7, 11) is -3.52. The molecule has 3 rings (SSSR count). The van der Waals surface area contributed by atoms with Crippen molar-refractivity contribution in [2.45, 2.75) is 38.5 Å². The second-order valence-corrected chi connectivity index (χ2v) is 9.65. The highest BCUT2D eigenvalue weighted by atomic mass is 32.2. The number of hydrogen-bond donors (Lipinski definition) is 2. The molecule has 0 unspecified atom stereocenters. The maximum Gasteiger partial charge on any atom is 0.309 e. The van der Waals surface area contributed by atoms with E-state index in [4.69, 9.17) is 10.5 Å². The van der Waals surface area contributed by atoms with Crippen molar-refractivity contribution in [1.82, 2.24) is 14.3 Å². The van der Waals surface area contributed by atoms with Crippen LogP contribution in [0.3, 0.4) is 0 Å². The van der Waals surface area contributed by atoms with E-state index >= 15 is 0 Å². The Bertz CT molecular complexity index is 1050. The number of carbonyl (C=O) groups is 1. The zero-order chi connectivity index (χ0) is 24.0. The molecule has 1 saturated heterocycles. The number of benzene rings is 1. The molecule has 1 aliphatic rings. The number of ether oxygens (including phenoxy) is 1. The van der Waals surface area contributed by atoms with Crippen molar-refractivity contribution in [3.63, 3.8) is 0 Å². The molecule has 0 radical (unpaired) electrons. The number of rotatable bonds is 9. The zero-order valence-corrected chi connectivity index (χ0v) is 20.1. The van der Waals surface area contributed by atoms with Crippen molar-refractivity contribution >= 4 is 39.0 Å². The van der Waals surface area contributed by atoms with Gasteiger partial charge in [0.25, 0.3) is 0 Å². The molecule has 2 aromatic rings. The van der Waals surface area contributed by atoms with Crippen LogP contribution in [0.4, 0.5) is 23.0 Å². The fraction of sp³-hybridized carbons (Fsp3) is 0.500. The molecule has 0 aliphatic carbocycles. The van der Waals surface area contributed by atoms with Crippen LogP contribution in [-0.4, -0.2) is 61.4 Å². The third-order valence-electron chi connectivity index (χ3n) is 5.74. The van der Waals surface area contributed by atoms with Gasteiger partial charge in [-0.15, -0.1) is 0 Å². The van der Waals surface area contributed by atoms with Crippen molar-refractivity contribution in [2.24, 2.45) is 5.92 Å². The molecule has 3 N–H and O–H groups in total. The molecule has 1 fully saturated rings. The SMILES string of the molecule is CCOC(=O)C1CCN(c2ncnc(Nc3ccc(S(=O)(=O)N(CC)CC)cc3)c2N)CC1. The zero-order valence-electron chi connectivity index (χ0n) is 19.3. The molecule has 1 aromatic heterocycles. The van der Waals surface area contributed by atoms with Gasteiger partial charge in [0.15, 0.2) is 11.6 Å². The number of aromatic nitrogens is 2. The van der Waals surface area contributed by atoms with Crippen molar-refractivity contribution in [3.05, 3.63) is 30.6 Å². The molecule has 10 nitrogen and oxygen atoms in total. The van der Waals surface area contributed by atoms with Crippen LogP contribution in [0, 0.1) is 5.92 Å². The molecule has 2 heterocycles. The van der Waals surface area contributed by atoms with Gasteiger partial charge in [-0.3, -0.25) is 4.79 Å². The highest BCUT2D eigenvalue weighted by Crippen LogP contribution is 2.31. The van der Waals surface area contributed by atoms with Crippen LogP contribution in [0.25, 0.3) is 0 Å². The Kier molecular flexibility index (Phi) is 8.09. The summed E-state index contributed by atoms with van der Waals surface area (Å²) >= 11 is 0. The average Bonchev–Trinajstić information content (AvgIpc) is 2.82. The quantitative estimate of drug-likeness (QED) is 0.524. The van der Waals surface area contributed by atoms with Crippen molar-refractivity contribution in [1.29, 1.82) is 0 Å². The van der Waals surface area contributed by atoms with Crippen LogP contribution in [0.15, 0.2) is 35.5 Å². The lowest BCUT2D eigenvalue weighted by Crippen LogP contribution is -2.37. The fourth-order valence-corrected chi connectivity index (χ4v) is 5.34. The van der Waals surface area contributed by atoms with Gasteiger partial charge in [-0.2, -0.15) is 4.31 Å². The Balaban J connectivity index is 1.71. The molecular weight excluding hydrogens is 444 g/mol. The molecule has 1 aromatic carbocycles. The topological polar surface area (TPSA) is 131 Å². The van der Waals surface area contributed by atoms with E-state index < -0.39 is 10.0 Å². The first kappa shape index (κ1) is 24.7. The summed E-state index contributed by atoms with van der Waals surface area (Å²) in [5.74, 6) is 0.789. The third kappa shape index (κ3) is 5.53. The Morgan fingerprint density at radius 2 is 1.79 bits per heavy atom. The summed E-state index contributed by atoms with van der Waals surface area (Å²) in [4.78, 5) is 22.8. The van der Waals surface area contributed by atoms with E-state index in [0.717, 1.165) is 0 Å². The van der Waals surface area contributed by atoms with E-state index in [1.165, 1.54) is 10.6 Å². The Morgan fingerprint density at radius 1 is 1.15 bits per heavy atom. The summed E-state index contributed by atoms with van der Waals surface area (Å²) in [5, 5.41) is 3.15. The maximum absolute atomic E-state index is 12.7. The maximum atomic E-state index is 12.7. The lowest BCUT2D eigenvalue weighted by atomic mass is 9.97. The predicted octanol–water partition coefficient (Wildman–Crippen LogP) is 2.61. The van der Waals surface area contributed by atoms with Crippen LogP contribution in [0.1, 0.15) is 33.6 Å². The molecule has 0 amide bonds. The van der Waals surface area contributed by atoms with Gasteiger partial charge in [-0.25, -0.2) is 18.4 Å². The first-order chi connectivity index (χ1) is 15.8. The molecule has 0 spiro atoms. The van der Waals surface area contributed by atoms with Crippen molar-refractivity contribution < 1.29 is 17.9 Å². The second kappa shape index (κ2) is 10.8. The molecule has 0 atom stereocenters. The third-order valence-corrected chi connectivity index (χ3v) is 7.80. The first-order valence-electron chi connectivity index (χ1n) is 11.2. The molecule has 11 heteroatoms. The Labute approximate surface area is 195 Å². The summed E-state index contributed by atoms with van der Waals surface area (Å²) in [6.07, 6.45) is 2.78. The number of nitrogens with zero attached hydrogens (tertiary/aromatic N) is 4. The average molecular weight is 477 g/mol. The van der Waals surface area contributed by atoms with Crippen molar-refractivity contribution in [2.75, 3.05) is 48.7 Å². The molecule has 0 bridgehead atoms. The normalized spacial score (nSPS) is 15.0. The van der Waals surface area contributed by atoms with E-state index in [2.05, 4.69) is 15.3 Å². The van der Waals surface area contributed by atoms with Gasteiger partial charge in [-0.1, -0.05) is 13.8 Å². The fourth-order valence-electron chi connectivity index (χ4n) is 3.88. The van der Waals surface area contributed by atoms with E-state index in [-0.39, 0.29) is 16.8 Å². The smallest absolute Gasteiger partial charge is 0.309 e. The largest absolute Gasteiger partial charge is 0.466 e. The van der Waals surface area contributed by atoms with Crippen LogP contribution in [-0.2, 0) is 19.6 Å². The number of sulfonamides is 1. The Morgan fingerprint density at radius 3 is 2.36 bits per heavy atom. The number of carbonyl (C=O) groups excluding carboxylic acids is 1. The monoisotopic (exact) mass is 476 g/mol. The number of piperidine rings is 1. The van der Waals surface area contributed by atoms with E-state index in [9.17, 15) is 13.2 Å². The lowest BCUT2D eigenvalue weighted by molar-refractivity contribution is -0.148. The number of anilines is 4. The second-order valence-electron chi connectivity index (χ2n) is 7.71. The van der Waals surface area contributed by atoms with Gasteiger partial charge in [0.2, 0.25) is 10.0 Å². The van der Waals surface area contributed by atoms with Crippen LogP contribution >= 0.6 is 0 Å². The standard InChI is InChI=1S/C22H32N6O4S/c1-4-28(5-2)33(30,31)18-9-7-17(8-10-18)26-20-19(23)21(25-15-24-20)27-13-11-16(12-14-27)22(29)32-6-3/h7-10,15-16H,4-6,11-14,23H2,1-3H3,(H,24,25,26). The van der Waals surface area contributed by atoms with Crippen LogP contribution in [0.5, 0.6) is 0 Å².